The molecule has 9 nitrogen and oxygen atoms in total. The number of anilines is 2. The van der Waals surface area contributed by atoms with E-state index in [2.05, 4.69) is 31.9 Å². The molecule has 0 aliphatic carbocycles. The maximum absolute atomic E-state index is 14.8. The second kappa shape index (κ2) is 14.3. The Morgan fingerprint density at radius 1 is 1.00 bits per heavy atom. The van der Waals surface area contributed by atoms with E-state index in [4.69, 9.17) is 4.74 Å². The zero-order valence-electron chi connectivity index (χ0n) is 27.2. The van der Waals surface area contributed by atoms with Crippen molar-refractivity contribution >= 4 is 29.1 Å². The Kier molecular flexibility index (Phi) is 10.9. The van der Waals surface area contributed by atoms with Gasteiger partial charge < -0.3 is 29.4 Å². The summed E-state index contributed by atoms with van der Waals surface area (Å²) in [5.41, 5.74) is -0.119. The molecule has 3 amide bonds. The van der Waals surface area contributed by atoms with Crippen molar-refractivity contribution in [3.05, 3.63) is 49.6 Å². The molecule has 3 aliphatic heterocycles. The number of nitrogens with zero attached hydrogens (tertiary/aromatic N) is 4. The quantitative estimate of drug-likeness (QED) is 0.208. The molecular formula is C35H52N4O5. The highest BCUT2D eigenvalue weighted by Crippen LogP contribution is 2.63. The van der Waals surface area contributed by atoms with Crippen LogP contribution in [0.2, 0.25) is 0 Å². The third-order valence-corrected chi connectivity index (χ3v) is 9.86. The lowest BCUT2D eigenvalue weighted by Gasteiger charge is -2.37. The first-order valence-electron chi connectivity index (χ1n) is 16.5. The number of aliphatic hydroxyl groups excluding tert-OH is 1. The average Bonchev–Trinajstić information content (AvgIpc) is 3.59. The molecule has 4 rings (SSSR count). The zero-order chi connectivity index (χ0) is 32.1. The van der Waals surface area contributed by atoms with E-state index in [-0.39, 0.29) is 30.9 Å². The van der Waals surface area contributed by atoms with Gasteiger partial charge in [-0.25, -0.2) is 0 Å². The second-order valence-electron chi connectivity index (χ2n) is 12.5. The maximum Gasteiger partial charge on any atom is 0.253 e. The molecule has 0 aromatic heterocycles. The molecular weight excluding hydrogens is 556 g/mol. The number of aliphatic hydroxyl groups is 1. The van der Waals surface area contributed by atoms with Crippen molar-refractivity contribution in [2.24, 2.45) is 11.8 Å². The molecule has 242 valence electrons. The first-order chi connectivity index (χ1) is 21.2. The highest BCUT2D eigenvalue weighted by molar-refractivity contribution is 6.05. The summed E-state index contributed by atoms with van der Waals surface area (Å²) in [4.78, 5) is 50.8. The van der Waals surface area contributed by atoms with Crippen molar-refractivity contribution in [2.45, 2.75) is 83.5 Å². The summed E-state index contributed by atoms with van der Waals surface area (Å²) in [6.07, 6.45) is 7.34. The minimum atomic E-state index is -1.09. The Labute approximate surface area is 263 Å². The summed E-state index contributed by atoms with van der Waals surface area (Å²) in [6, 6.07) is 7.08. The lowest BCUT2D eigenvalue weighted by Crippen LogP contribution is -2.56. The van der Waals surface area contributed by atoms with Crippen LogP contribution in [0.15, 0.2) is 49.6 Å². The van der Waals surface area contributed by atoms with Crippen LogP contribution in [0.3, 0.4) is 0 Å². The second-order valence-corrected chi connectivity index (χ2v) is 12.5. The summed E-state index contributed by atoms with van der Waals surface area (Å²) in [6.45, 7) is 19.4. The fourth-order valence-electron chi connectivity index (χ4n) is 7.84. The SMILES string of the molecule is C=CCN(CCC)C(=O)[C@H]1[C@H]2C(=O)N(CCCCCO)C(C(=O)N(CC=C)c3ccc(N(CC)CC)cc3)C23CC[C@]1(C)O3. The van der Waals surface area contributed by atoms with E-state index >= 15 is 0 Å². The van der Waals surface area contributed by atoms with Crippen molar-refractivity contribution in [1.82, 2.24) is 9.80 Å². The molecule has 0 saturated carbocycles. The molecule has 3 aliphatic rings. The highest BCUT2D eigenvalue weighted by atomic mass is 16.5. The Morgan fingerprint density at radius 2 is 1.66 bits per heavy atom. The Balaban J connectivity index is 1.75. The maximum atomic E-state index is 14.8. The van der Waals surface area contributed by atoms with Crippen LogP contribution in [0, 0.1) is 11.8 Å². The van der Waals surface area contributed by atoms with Gasteiger partial charge in [0, 0.05) is 57.3 Å². The van der Waals surface area contributed by atoms with Gasteiger partial charge in [0.25, 0.3) is 5.91 Å². The summed E-state index contributed by atoms with van der Waals surface area (Å²) in [5.74, 6) is -1.90. The normalized spacial score (nSPS) is 26.9. The van der Waals surface area contributed by atoms with Crippen LogP contribution in [-0.2, 0) is 19.1 Å². The van der Waals surface area contributed by atoms with E-state index in [0.717, 1.165) is 37.3 Å². The highest BCUT2D eigenvalue weighted by Gasteiger charge is 2.78. The van der Waals surface area contributed by atoms with Crippen LogP contribution in [-0.4, -0.2) is 95.7 Å². The van der Waals surface area contributed by atoms with E-state index in [0.29, 0.717) is 45.3 Å². The lowest BCUT2D eigenvalue weighted by atomic mass is 9.66. The Morgan fingerprint density at radius 3 is 2.25 bits per heavy atom. The van der Waals surface area contributed by atoms with E-state index in [1.807, 2.05) is 38.1 Å². The standard InChI is InChI=1S/C35H52N4O5/c1-7-21-37(22-8-2)31(41)28-29-32(42)39(24-13-12-14-25-40)30(35(29)20-19-34(28,6)44-35)33(43)38(23-9-3)27-17-15-26(16-18-27)36(10-4)11-5/h7,9,15-18,28-30,40H,1,3,8,10-14,19-25H2,2,4-6H3/t28-,29+,30?,34+,35?/m1/s1. The van der Waals surface area contributed by atoms with Gasteiger partial charge in [-0.3, -0.25) is 14.4 Å². The smallest absolute Gasteiger partial charge is 0.253 e. The predicted molar refractivity (Wildman–Crippen MR) is 174 cm³/mol. The van der Waals surface area contributed by atoms with Crippen LogP contribution in [0.4, 0.5) is 11.4 Å². The molecule has 1 aromatic carbocycles. The van der Waals surface area contributed by atoms with Crippen LogP contribution >= 0.6 is 0 Å². The van der Waals surface area contributed by atoms with Gasteiger partial charge in [-0.2, -0.15) is 0 Å². The number of fused-ring (bicyclic) bond motifs is 1. The van der Waals surface area contributed by atoms with Crippen molar-refractivity contribution in [3.63, 3.8) is 0 Å². The summed E-state index contributed by atoms with van der Waals surface area (Å²) < 4.78 is 6.86. The number of likely N-dealkylation sites (tertiary alicyclic amines) is 1. The first kappa shape index (κ1) is 33.7. The van der Waals surface area contributed by atoms with Gasteiger partial charge in [0.1, 0.15) is 11.6 Å². The molecule has 1 spiro atoms. The largest absolute Gasteiger partial charge is 0.396 e. The average molecular weight is 609 g/mol. The van der Waals surface area contributed by atoms with E-state index in [1.165, 1.54) is 0 Å². The van der Waals surface area contributed by atoms with Gasteiger partial charge in [0.15, 0.2) is 0 Å². The van der Waals surface area contributed by atoms with Gasteiger partial charge in [0.2, 0.25) is 11.8 Å². The minimum Gasteiger partial charge on any atom is -0.396 e. The van der Waals surface area contributed by atoms with E-state index in [9.17, 15) is 19.5 Å². The third-order valence-electron chi connectivity index (χ3n) is 9.86. The molecule has 44 heavy (non-hydrogen) atoms. The van der Waals surface area contributed by atoms with Crippen LogP contribution in [0.5, 0.6) is 0 Å². The van der Waals surface area contributed by atoms with Crippen LogP contribution in [0.1, 0.15) is 66.2 Å². The minimum absolute atomic E-state index is 0.0775. The number of carbonyl (C=O) groups is 3. The summed E-state index contributed by atoms with van der Waals surface area (Å²) >= 11 is 0. The molecule has 2 bridgehead atoms. The predicted octanol–water partition coefficient (Wildman–Crippen LogP) is 4.40. The molecule has 9 heteroatoms. The zero-order valence-corrected chi connectivity index (χ0v) is 27.2. The van der Waals surface area contributed by atoms with Crippen molar-refractivity contribution in [2.75, 3.05) is 55.7 Å². The molecule has 3 fully saturated rings. The molecule has 1 aromatic rings. The first-order valence-corrected chi connectivity index (χ1v) is 16.5. The molecule has 2 unspecified atom stereocenters. The third kappa shape index (κ3) is 5.93. The van der Waals surface area contributed by atoms with Crippen LogP contribution in [0.25, 0.3) is 0 Å². The number of amides is 3. The van der Waals surface area contributed by atoms with Crippen LogP contribution < -0.4 is 9.80 Å². The van der Waals surface area contributed by atoms with Gasteiger partial charge in [-0.15, -0.1) is 13.2 Å². The lowest BCUT2D eigenvalue weighted by molar-refractivity contribution is -0.149. The number of benzene rings is 1. The van der Waals surface area contributed by atoms with Gasteiger partial charge in [0.05, 0.1) is 17.4 Å². The van der Waals surface area contributed by atoms with Gasteiger partial charge in [-0.1, -0.05) is 19.1 Å². The van der Waals surface area contributed by atoms with Crippen molar-refractivity contribution in [1.29, 1.82) is 0 Å². The number of hydrogen-bond donors (Lipinski definition) is 1. The number of unbranched alkanes of at least 4 members (excludes halogenated alkanes) is 2. The van der Waals surface area contributed by atoms with Gasteiger partial charge in [-0.05, 0) is 83.6 Å². The Bertz CT molecular complexity index is 1200. The monoisotopic (exact) mass is 608 g/mol. The van der Waals surface area contributed by atoms with Crippen molar-refractivity contribution in [3.8, 4) is 0 Å². The summed E-state index contributed by atoms with van der Waals surface area (Å²) in [5, 5.41) is 9.35. The number of carbonyl (C=O) groups excluding carboxylic acids is 3. The number of hydrogen-bond acceptors (Lipinski definition) is 6. The number of rotatable bonds is 17. The molecule has 5 atom stereocenters. The van der Waals surface area contributed by atoms with Gasteiger partial charge >= 0.3 is 0 Å². The number of ether oxygens (including phenoxy) is 1. The molecule has 3 saturated heterocycles. The fourth-order valence-corrected chi connectivity index (χ4v) is 7.84. The van der Waals surface area contributed by atoms with E-state index in [1.54, 1.807) is 26.9 Å². The fraction of sp³-hybridized carbons (Fsp3) is 0.629. The van der Waals surface area contributed by atoms with E-state index < -0.39 is 29.1 Å². The molecule has 1 N–H and O–H groups in total. The van der Waals surface area contributed by atoms with Crippen molar-refractivity contribution < 1.29 is 24.2 Å². The summed E-state index contributed by atoms with van der Waals surface area (Å²) in [7, 11) is 0. The molecule has 3 heterocycles. The Hall–Kier alpha value is -3.17. The molecule has 0 radical (unpaired) electrons. The topological polar surface area (TPSA) is 93.6 Å².